The molecule has 5 nitrogen and oxygen atoms in total. The normalized spacial score (nSPS) is 16.1. The van der Waals surface area contributed by atoms with Gasteiger partial charge >= 0.3 is 0 Å². The molecule has 0 saturated heterocycles. The molecule has 1 heterocycles. The van der Waals surface area contributed by atoms with Crippen molar-refractivity contribution in [2.24, 2.45) is 0 Å². The molecule has 5 rings (SSSR count). The van der Waals surface area contributed by atoms with E-state index in [9.17, 15) is 14.2 Å². The van der Waals surface area contributed by atoms with E-state index in [0.29, 0.717) is 34.6 Å². The van der Waals surface area contributed by atoms with Crippen molar-refractivity contribution < 1.29 is 18.5 Å². The zero-order chi connectivity index (χ0) is 23.9. The molecular weight excluding hydrogens is 474 g/mol. The van der Waals surface area contributed by atoms with Crippen LogP contribution < -0.4 is 20.6 Å². The van der Waals surface area contributed by atoms with Crippen LogP contribution in [-0.4, -0.2) is 11.8 Å². The summed E-state index contributed by atoms with van der Waals surface area (Å²) in [5.41, 5.74) is 0.877. The highest BCUT2D eigenvalue weighted by atomic mass is 35.5. The maximum atomic E-state index is 15.0. The number of amides is 2. The Morgan fingerprint density at radius 1 is 0.824 bits per heavy atom. The minimum Gasteiger partial charge on any atom is -0.328 e. The Labute approximate surface area is 201 Å². The van der Waals surface area contributed by atoms with E-state index in [1.165, 1.54) is 6.07 Å². The summed E-state index contributed by atoms with van der Waals surface area (Å²) in [5.74, 6) is -1.80. The van der Waals surface area contributed by atoms with Gasteiger partial charge < -0.3 is 5.09 Å². The number of imide groups is 1. The van der Waals surface area contributed by atoms with Gasteiger partial charge in [-0.2, -0.15) is 0 Å². The van der Waals surface area contributed by atoms with Crippen LogP contribution in [0.3, 0.4) is 0 Å². The SMILES string of the molecule is O=C1C2=C(CCCC2)C(=O)N1c1cc(NP(=O)(c2ccccc2)c2ccccc2)c(Cl)cc1F. The standard InChI is InChI=1S/C26H21ClFN2O3P/c27-21-15-22(28)24(30-25(31)19-13-7-8-14-20(19)26(30)32)16-23(21)29-34(33,17-9-3-1-4-10-17)18-11-5-2-6-12-18/h1-6,9-12,15-16H,7-8,13-14H2,(H,29,33). The van der Waals surface area contributed by atoms with Crippen LogP contribution in [0.5, 0.6) is 0 Å². The number of anilines is 2. The number of nitrogens with zero attached hydrogens (tertiary/aromatic N) is 1. The molecule has 0 fully saturated rings. The third-order valence-corrected chi connectivity index (χ3v) is 9.10. The fraction of sp³-hybridized carbons (Fsp3) is 0.154. The first-order chi connectivity index (χ1) is 16.4. The Balaban J connectivity index is 1.59. The van der Waals surface area contributed by atoms with Crippen LogP contribution in [0.15, 0.2) is 83.9 Å². The Kier molecular flexibility index (Phi) is 5.88. The largest absolute Gasteiger partial charge is 0.328 e. The molecule has 3 aromatic carbocycles. The van der Waals surface area contributed by atoms with Crippen LogP contribution >= 0.6 is 18.9 Å². The van der Waals surface area contributed by atoms with Crippen LogP contribution in [0.25, 0.3) is 0 Å². The molecule has 0 bridgehead atoms. The molecule has 34 heavy (non-hydrogen) atoms. The summed E-state index contributed by atoms with van der Waals surface area (Å²) in [5, 5.41) is 4.10. The molecule has 1 aliphatic carbocycles. The van der Waals surface area contributed by atoms with Gasteiger partial charge in [-0.05, 0) is 62.1 Å². The minimum atomic E-state index is -3.45. The quantitative estimate of drug-likeness (QED) is 0.372. The van der Waals surface area contributed by atoms with Crippen LogP contribution in [0.2, 0.25) is 5.02 Å². The van der Waals surface area contributed by atoms with E-state index in [-0.39, 0.29) is 16.4 Å². The first-order valence-electron chi connectivity index (χ1n) is 11.0. The number of hydrogen-bond donors (Lipinski definition) is 1. The Hall–Kier alpha value is -3.21. The van der Waals surface area contributed by atoms with Crippen molar-refractivity contribution in [3.8, 4) is 0 Å². The number of carbonyl (C=O) groups is 2. The second-order valence-corrected chi connectivity index (χ2v) is 11.2. The predicted octanol–water partition coefficient (Wildman–Crippen LogP) is 5.56. The molecule has 1 N–H and O–H groups in total. The van der Waals surface area contributed by atoms with Crippen LogP contribution in [0.4, 0.5) is 15.8 Å². The summed E-state index contributed by atoms with van der Waals surface area (Å²) >= 11 is 6.36. The second-order valence-electron chi connectivity index (χ2n) is 8.29. The number of carbonyl (C=O) groups excluding carboxylic acids is 2. The highest BCUT2D eigenvalue weighted by molar-refractivity contribution is 7.80. The average molecular weight is 495 g/mol. The summed E-state index contributed by atoms with van der Waals surface area (Å²) in [4.78, 5) is 26.9. The number of halogens is 2. The molecule has 0 unspecified atom stereocenters. The third kappa shape index (κ3) is 3.77. The van der Waals surface area contributed by atoms with E-state index in [1.807, 2.05) is 12.1 Å². The molecule has 0 spiro atoms. The average Bonchev–Trinajstić information content (AvgIpc) is 3.12. The molecular formula is C26H21ClFN2O3P. The van der Waals surface area contributed by atoms with Gasteiger partial charge in [0, 0.05) is 21.8 Å². The monoisotopic (exact) mass is 494 g/mol. The topological polar surface area (TPSA) is 66.5 Å². The molecule has 3 aromatic rings. The van der Waals surface area contributed by atoms with Crippen molar-refractivity contribution in [1.29, 1.82) is 0 Å². The first kappa shape index (κ1) is 22.6. The molecule has 0 aromatic heterocycles. The summed E-state index contributed by atoms with van der Waals surface area (Å²) in [6, 6.07) is 20.1. The molecule has 0 radical (unpaired) electrons. The maximum absolute atomic E-state index is 15.0. The van der Waals surface area contributed by atoms with Crippen molar-refractivity contribution in [2.45, 2.75) is 25.7 Å². The van der Waals surface area contributed by atoms with Gasteiger partial charge in [0.15, 0.2) is 0 Å². The van der Waals surface area contributed by atoms with E-state index < -0.39 is 24.9 Å². The van der Waals surface area contributed by atoms with Gasteiger partial charge in [-0.15, -0.1) is 0 Å². The fourth-order valence-corrected chi connectivity index (χ4v) is 7.00. The van der Waals surface area contributed by atoms with Crippen molar-refractivity contribution >= 4 is 52.7 Å². The lowest BCUT2D eigenvalue weighted by Gasteiger charge is -2.24. The van der Waals surface area contributed by atoms with E-state index in [1.54, 1.807) is 48.5 Å². The van der Waals surface area contributed by atoms with Gasteiger partial charge in [-0.1, -0.05) is 48.0 Å². The zero-order valence-electron chi connectivity index (χ0n) is 18.1. The lowest BCUT2D eigenvalue weighted by molar-refractivity contribution is -0.120. The van der Waals surface area contributed by atoms with Gasteiger partial charge in [-0.25, -0.2) is 9.29 Å². The van der Waals surface area contributed by atoms with Crippen molar-refractivity contribution in [3.63, 3.8) is 0 Å². The van der Waals surface area contributed by atoms with Crippen LogP contribution in [0.1, 0.15) is 25.7 Å². The lowest BCUT2D eigenvalue weighted by atomic mass is 9.93. The Morgan fingerprint density at radius 3 is 1.82 bits per heavy atom. The van der Waals surface area contributed by atoms with E-state index >= 15 is 4.39 Å². The van der Waals surface area contributed by atoms with Gasteiger partial charge in [0.05, 0.1) is 16.4 Å². The predicted molar refractivity (Wildman–Crippen MR) is 133 cm³/mol. The smallest absolute Gasteiger partial charge is 0.261 e. The van der Waals surface area contributed by atoms with Crippen molar-refractivity contribution in [1.82, 2.24) is 0 Å². The number of benzene rings is 3. The van der Waals surface area contributed by atoms with Crippen molar-refractivity contribution in [2.75, 3.05) is 9.99 Å². The number of rotatable bonds is 5. The minimum absolute atomic E-state index is 0.00912. The molecule has 0 saturated carbocycles. The Bertz CT molecular complexity index is 1300. The highest BCUT2D eigenvalue weighted by Crippen LogP contribution is 2.47. The summed E-state index contributed by atoms with van der Waals surface area (Å²) in [7, 11) is -3.45. The second kappa shape index (κ2) is 8.86. The van der Waals surface area contributed by atoms with Crippen LogP contribution in [-0.2, 0) is 14.2 Å². The molecule has 172 valence electrons. The van der Waals surface area contributed by atoms with E-state index in [0.717, 1.165) is 23.8 Å². The summed E-state index contributed by atoms with van der Waals surface area (Å²) in [6.07, 6.45) is 2.65. The highest BCUT2D eigenvalue weighted by Gasteiger charge is 2.41. The van der Waals surface area contributed by atoms with Gasteiger partial charge in [-0.3, -0.25) is 14.2 Å². The van der Waals surface area contributed by atoms with Crippen molar-refractivity contribution in [3.05, 3.63) is 94.8 Å². The third-order valence-electron chi connectivity index (χ3n) is 6.19. The maximum Gasteiger partial charge on any atom is 0.261 e. The van der Waals surface area contributed by atoms with E-state index in [4.69, 9.17) is 11.6 Å². The summed E-state index contributed by atoms with van der Waals surface area (Å²) in [6.45, 7) is 0. The number of nitrogens with one attached hydrogen (secondary N) is 1. The molecule has 0 atom stereocenters. The molecule has 2 amide bonds. The first-order valence-corrected chi connectivity index (χ1v) is 13.1. The zero-order valence-corrected chi connectivity index (χ0v) is 19.8. The Morgan fingerprint density at radius 2 is 1.32 bits per heavy atom. The van der Waals surface area contributed by atoms with Gasteiger partial charge in [0.2, 0.25) is 7.29 Å². The van der Waals surface area contributed by atoms with Gasteiger partial charge in [0.1, 0.15) is 5.82 Å². The molecule has 1 aliphatic heterocycles. The van der Waals surface area contributed by atoms with Crippen LogP contribution in [0, 0.1) is 5.82 Å². The summed E-state index contributed by atoms with van der Waals surface area (Å²) < 4.78 is 29.4. The number of hydrogen-bond acceptors (Lipinski definition) is 3. The molecule has 8 heteroatoms. The lowest BCUT2D eigenvalue weighted by Crippen LogP contribution is -2.32. The molecule has 2 aliphatic rings. The fourth-order valence-electron chi connectivity index (χ4n) is 4.48. The van der Waals surface area contributed by atoms with E-state index in [2.05, 4.69) is 5.09 Å². The van der Waals surface area contributed by atoms with Gasteiger partial charge in [0.25, 0.3) is 11.8 Å².